The van der Waals surface area contributed by atoms with Gasteiger partial charge in [-0.25, -0.2) is 9.59 Å². The Bertz CT molecular complexity index is 696. The molecule has 3 aliphatic rings. The minimum absolute atomic E-state index is 0.124. The van der Waals surface area contributed by atoms with Gasteiger partial charge in [0.15, 0.2) is 5.60 Å². The standard InChI is InChI=1S/C19H23ClO6/c1-8-5-13(25-18(23)19(4,24)7-20)15-10(3)17(22)26-16(15)14-9(2)12(21)6-11(8)14/h11-16,21,24H,1-3,5-7H2,4H3/t11-,12-,13-,14-,15+,16+,19-/m0/s1. The summed E-state index contributed by atoms with van der Waals surface area (Å²) >= 11 is 5.64. The number of halogens is 1. The highest BCUT2D eigenvalue weighted by molar-refractivity contribution is 6.20. The molecule has 2 N–H and O–H groups in total. The number of ether oxygens (including phenoxy) is 2. The van der Waals surface area contributed by atoms with Crippen LogP contribution in [0, 0.1) is 17.8 Å². The molecule has 3 rings (SSSR count). The number of aliphatic hydroxyl groups excluding tert-OH is 1. The molecule has 3 fully saturated rings. The molecule has 0 spiro atoms. The number of rotatable bonds is 3. The molecule has 0 aromatic heterocycles. The van der Waals surface area contributed by atoms with Gasteiger partial charge in [0, 0.05) is 17.9 Å². The van der Waals surface area contributed by atoms with Crippen LogP contribution in [0.15, 0.2) is 36.5 Å². The number of carbonyl (C=O) groups excluding carboxylic acids is 2. The highest BCUT2D eigenvalue weighted by Crippen LogP contribution is 2.52. The Balaban J connectivity index is 1.96. The van der Waals surface area contributed by atoms with Crippen molar-refractivity contribution in [3.8, 4) is 0 Å². The first kappa shape index (κ1) is 19.1. The van der Waals surface area contributed by atoms with Gasteiger partial charge in [-0.15, -0.1) is 11.6 Å². The largest absolute Gasteiger partial charge is 0.459 e. The maximum atomic E-state index is 12.3. The topological polar surface area (TPSA) is 93.1 Å². The first-order chi connectivity index (χ1) is 12.1. The molecule has 6 nitrogen and oxygen atoms in total. The predicted octanol–water partition coefficient (Wildman–Crippen LogP) is 1.50. The molecule has 7 heteroatoms. The molecular weight excluding hydrogens is 360 g/mol. The van der Waals surface area contributed by atoms with Crippen LogP contribution in [-0.4, -0.2) is 51.9 Å². The third-order valence-electron chi connectivity index (χ3n) is 5.73. The Morgan fingerprint density at radius 2 is 2.04 bits per heavy atom. The number of hydrogen-bond acceptors (Lipinski definition) is 6. The zero-order chi connectivity index (χ0) is 19.4. The van der Waals surface area contributed by atoms with Crippen LogP contribution in [0.3, 0.4) is 0 Å². The fourth-order valence-electron chi connectivity index (χ4n) is 4.19. The van der Waals surface area contributed by atoms with E-state index in [1.54, 1.807) is 0 Å². The van der Waals surface area contributed by atoms with Gasteiger partial charge in [-0.2, -0.15) is 0 Å². The number of aliphatic hydroxyl groups is 2. The number of alkyl halides is 1. The first-order valence-electron chi connectivity index (χ1n) is 8.52. The van der Waals surface area contributed by atoms with Crippen LogP contribution >= 0.6 is 11.6 Å². The zero-order valence-corrected chi connectivity index (χ0v) is 15.4. The Labute approximate surface area is 157 Å². The molecule has 1 heterocycles. The zero-order valence-electron chi connectivity index (χ0n) is 14.6. The Morgan fingerprint density at radius 3 is 2.65 bits per heavy atom. The van der Waals surface area contributed by atoms with Gasteiger partial charge in [0.25, 0.3) is 0 Å². The molecule has 0 aromatic rings. The normalized spacial score (nSPS) is 38.9. The van der Waals surface area contributed by atoms with Gasteiger partial charge in [-0.1, -0.05) is 25.3 Å². The van der Waals surface area contributed by atoms with Crippen molar-refractivity contribution < 1.29 is 29.3 Å². The van der Waals surface area contributed by atoms with Crippen LogP contribution < -0.4 is 0 Å². The van der Waals surface area contributed by atoms with E-state index in [9.17, 15) is 19.8 Å². The average molecular weight is 383 g/mol. The maximum Gasteiger partial charge on any atom is 0.339 e. The highest BCUT2D eigenvalue weighted by atomic mass is 35.5. The summed E-state index contributed by atoms with van der Waals surface area (Å²) in [4.78, 5) is 24.5. The van der Waals surface area contributed by atoms with Crippen molar-refractivity contribution in [2.24, 2.45) is 17.8 Å². The SMILES string of the molecule is C=C1C(=O)O[C@@H]2[C@H]3C(=C)[C@@H](O)C[C@H]3C(=C)C[C@H](OC(=O)[C@@](C)(O)CCl)[C@@H]12. The van der Waals surface area contributed by atoms with Crippen LogP contribution in [0.5, 0.6) is 0 Å². The third kappa shape index (κ3) is 2.90. The molecule has 0 amide bonds. The van der Waals surface area contributed by atoms with E-state index in [4.69, 9.17) is 21.1 Å². The van der Waals surface area contributed by atoms with Crippen LogP contribution in [0.2, 0.25) is 0 Å². The molecule has 0 radical (unpaired) electrons. The van der Waals surface area contributed by atoms with Crippen molar-refractivity contribution in [1.82, 2.24) is 0 Å². The van der Waals surface area contributed by atoms with Crippen LogP contribution in [0.4, 0.5) is 0 Å². The van der Waals surface area contributed by atoms with Gasteiger partial charge in [0.05, 0.1) is 17.9 Å². The van der Waals surface area contributed by atoms with Crippen LogP contribution in [0.25, 0.3) is 0 Å². The summed E-state index contributed by atoms with van der Waals surface area (Å²) in [6.45, 7) is 13.1. The molecule has 1 saturated heterocycles. The Morgan fingerprint density at radius 1 is 1.38 bits per heavy atom. The molecule has 26 heavy (non-hydrogen) atoms. The summed E-state index contributed by atoms with van der Waals surface area (Å²) < 4.78 is 11.1. The van der Waals surface area contributed by atoms with Crippen LogP contribution in [0.1, 0.15) is 19.8 Å². The second-order valence-electron chi connectivity index (χ2n) is 7.59. The van der Waals surface area contributed by atoms with E-state index in [0.29, 0.717) is 12.0 Å². The second kappa shape index (κ2) is 6.51. The van der Waals surface area contributed by atoms with E-state index in [-0.39, 0.29) is 29.7 Å². The fraction of sp³-hybridized carbons (Fsp3) is 0.579. The van der Waals surface area contributed by atoms with E-state index in [1.807, 2.05) is 0 Å². The Kier molecular flexibility index (Phi) is 4.80. The minimum Gasteiger partial charge on any atom is -0.459 e. The molecule has 0 unspecified atom stereocenters. The lowest BCUT2D eigenvalue weighted by atomic mass is 9.81. The lowest BCUT2D eigenvalue weighted by Gasteiger charge is -2.30. The van der Waals surface area contributed by atoms with E-state index in [1.165, 1.54) is 6.92 Å². The van der Waals surface area contributed by atoms with Crippen molar-refractivity contribution in [3.63, 3.8) is 0 Å². The molecule has 0 bridgehead atoms. The highest BCUT2D eigenvalue weighted by Gasteiger charge is 2.57. The number of esters is 2. The molecule has 2 aliphatic carbocycles. The summed E-state index contributed by atoms with van der Waals surface area (Å²) in [5, 5.41) is 20.3. The first-order valence-corrected chi connectivity index (χ1v) is 9.05. The molecular formula is C19H23ClO6. The summed E-state index contributed by atoms with van der Waals surface area (Å²) in [6, 6.07) is 0. The molecule has 0 aromatic carbocycles. The van der Waals surface area contributed by atoms with Gasteiger partial charge in [-0.05, 0) is 24.8 Å². The molecule has 1 aliphatic heterocycles. The van der Waals surface area contributed by atoms with Crippen molar-refractivity contribution in [2.45, 2.75) is 43.7 Å². The summed E-state index contributed by atoms with van der Waals surface area (Å²) in [5.74, 6) is -2.76. The van der Waals surface area contributed by atoms with Gasteiger partial charge in [-0.3, -0.25) is 0 Å². The third-order valence-corrected chi connectivity index (χ3v) is 6.25. The quantitative estimate of drug-likeness (QED) is 0.332. The van der Waals surface area contributed by atoms with Gasteiger partial charge in [0.1, 0.15) is 12.2 Å². The molecule has 2 saturated carbocycles. The van der Waals surface area contributed by atoms with Crippen molar-refractivity contribution in [2.75, 3.05) is 5.88 Å². The van der Waals surface area contributed by atoms with E-state index < -0.39 is 41.8 Å². The van der Waals surface area contributed by atoms with Gasteiger partial charge in [0.2, 0.25) is 0 Å². The minimum atomic E-state index is -1.84. The van der Waals surface area contributed by atoms with E-state index in [2.05, 4.69) is 19.7 Å². The Hall–Kier alpha value is -1.63. The number of carbonyl (C=O) groups is 2. The monoisotopic (exact) mass is 382 g/mol. The van der Waals surface area contributed by atoms with Gasteiger partial charge < -0.3 is 19.7 Å². The smallest absolute Gasteiger partial charge is 0.339 e. The molecule has 7 atom stereocenters. The summed E-state index contributed by atoms with van der Waals surface area (Å²) in [6.07, 6.45) is -1.37. The van der Waals surface area contributed by atoms with E-state index in [0.717, 1.165) is 5.57 Å². The fourth-order valence-corrected chi connectivity index (χ4v) is 4.30. The van der Waals surface area contributed by atoms with Gasteiger partial charge >= 0.3 is 11.9 Å². The van der Waals surface area contributed by atoms with Crippen molar-refractivity contribution in [3.05, 3.63) is 36.5 Å². The number of hydrogen-bond donors (Lipinski definition) is 2. The molecule has 142 valence electrons. The summed E-state index contributed by atoms with van der Waals surface area (Å²) in [5.41, 5.74) is -0.255. The van der Waals surface area contributed by atoms with Crippen molar-refractivity contribution >= 4 is 23.5 Å². The van der Waals surface area contributed by atoms with E-state index >= 15 is 0 Å². The second-order valence-corrected chi connectivity index (χ2v) is 7.86. The predicted molar refractivity (Wildman–Crippen MR) is 94.2 cm³/mol. The lowest BCUT2D eigenvalue weighted by molar-refractivity contribution is -0.170. The summed E-state index contributed by atoms with van der Waals surface area (Å²) in [7, 11) is 0. The lowest BCUT2D eigenvalue weighted by Crippen LogP contribution is -2.43. The van der Waals surface area contributed by atoms with Crippen LogP contribution in [-0.2, 0) is 19.1 Å². The van der Waals surface area contributed by atoms with Crippen molar-refractivity contribution in [1.29, 1.82) is 0 Å². The maximum absolute atomic E-state index is 12.3. The number of fused-ring (bicyclic) bond motifs is 3. The average Bonchev–Trinajstić information content (AvgIpc) is 2.99.